The molecular weight excluding hydrogens is 324 g/mol. The van der Waals surface area contributed by atoms with Crippen LogP contribution in [0.1, 0.15) is 16.1 Å². The lowest BCUT2D eigenvalue weighted by atomic mass is 10.1. The summed E-state index contributed by atoms with van der Waals surface area (Å²) in [6, 6.07) is 10.6. The Balaban J connectivity index is 1.89. The molecule has 1 aromatic heterocycles. The average Bonchev–Trinajstić information content (AvgIpc) is 2.60. The first kappa shape index (κ1) is 16.2. The van der Waals surface area contributed by atoms with Crippen LogP contribution >= 0.6 is 0 Å². The van der Waals surface area contributed by atoms with Crippen LogP contribution in [0.4, 0.5) is 0 Å². The standard InChI is InChI=1S/C17H14N4O4/c1-21-17(25)13-5-3-2-4-12(13)15(20-21)16(24)19-18-9-10-6-7-11(22)8-14(10)23/h2-9,22-23H,1H3,(H,19,24)/b18-9+. The number of hydrogen-bond donors (Lipinski definition) is 3. The number of hydrogen-bond acceptors (Lipinski definition) is 6. The highest BCUT2D eigenvalue weighted by molar-refractivity contribution is 6.05. The zero-order chi connectivity index (χ0) is 18.0. The first-order valence-electron chi connectivity index (χ1n) is 7.29. The second-order valence-corrected chi connectivity index (χ2v) is 5.27. The first-order valence-corrected chi connectivity index (χ1v) is 7.29. The van der Waals surface area contributed by atoms with E-state index < -0.39 is 5.91 Å². The minimum Gasteiger partial charge on any atom is -0.508 e. The third-order valence-electron chi connectivity index (χ3n) is 3.56. The normalized spacial score (nSPS) is 11.1. The van der Waals surface area contributed by atoms with E-state index in [1.54, 1.807) is 24.3 Å². The van der Waals surface area contributed by atoms with E-state index in [1.807, 2.05) is 0 Å². The summed E-state index contributed by atoms with van der Waals surface area (Å²) in [6.45, 7) is 0. The number of aryl methyl sites for hydroxylation is 1. The van der Waals surface area contributed by atoms with Gasteiger partial charge in [0, 0.05) is 24.1 Å². The average molecular weight is 338 g/mol. The largest absolute Gasteiger partial charge is 0.508 e. The van der Waals surface area contributed by atoms with Gasteiger partial charge in [-0.2, -0.15) is 10.2 Å². The Hall–Kier alpha value is -3.68. The van der Waals surface area contributed by atoms with E-state index >= 15 is 0 Å². The van der Waals surface area contributed by atoms with E-state index in [9.17, 15) is 19.8 Å². The van der Waals surface area contributed by atoms with Crippen LogP contribution in [-0.2, 0) is 7.05 Å². The first-order chi connectivity index (χ1) is 12.0. The van der Waals surface area contributed by atoms with Gasteiger partial charge in [0.25, 0.3) is 11.5 Å². The van der Waals surface area contributed by atoms with Gasteiger partial charge in [0.2, 0.25) is 0 Å². The third kappa shape index (κ3) is 3.18. The van der Waals surface area contributed by atoms with Gasteiger partial charge in [0.1, 0.15) is 11.5 Å². The van der Waals surface area contributed by atoms with Crippen LogP contribution in [0.5, 0.6) is 11.5 Å². The van der Waals surface area contributed by atoms with E-state index in [0.717, 1.165) is 10.7 Å². The SMILES string of the molecule is Cn1nc(C(=O)N/N=C/c2ccc(O)cc2O)c2ccccc2c1=O. The molecule has 8 nitrogen and oxygen atoms in total. The van der Waals surface area contributed by atoms with Gasteiger partial charge in [-0.05, 0) is 18.2 Å². The molecule has 0 saturated carbocycles. The minimum absolute atomic E-state index is 0.0600. The Morgan fingerprint density at radius 1 is 1.20 bits per heavy atom. The summed E-state index contributed by atoms with van der Waals surface area (Å²) >= 11 is 0. The van der Waals surface area contributed by atoms with Crippen LogP contribution in [0.3, 0.4) is 0 Å². The molecule has 3 aromatic rings. The molecule has 0 aliphatic carbocycles. The lowest BCUT2D eigenvalue weighted by molar-refractivity contribution is 0.0950. The summed E-state index contributed by atoms with van der Waals surface area (Å²) in [5, 5.41) is 27.5. The summed E-state index contributed by atoms with van der Waals surface area (Å²) in [5.74, 6) is -0.857. The molecule has 126 valence electrons. The number of rotatable bonds is 3. The molecule has 0 radical (unpaired) electrons. The smallest absolute Gasteiger partial charge is 0.292 e. The lowest BCUT2D eigenvalue weighted by Crippen LogP contribution is -2.27. The Morgan fingerprint density at radius 2 is 1.92 bits per heavy atom. The zero-order valence-corrected chi connectivity index (χ0v) is 13.2. The second-order valence-electron chi connectivity index (χ2n) is 5.27. The maximum absolute atomic E-state index is 12.3. The van der Waals surface area contributed by atoms with Gasteiger partial charge < -0.3 is 10.2 Å². The quantitative estimate of drug-likeness (QED) is 0.488. The van der Waals surface area contributed by atoms with E-state index in [1.165, 1.54) is 25.4 Å². The molecule has 0 saturated heterocycles. The number of carbonyl (C=O) groups is 1. The molecule has 8 heteroatoms. The number of nitrogens with zero attached hydrogens (tertiary/aromatic N) is 3. The summed E-state index contributed by atoms with van der Waals surface area (Å²) < 4.78 is 1.09. The highest BCUT2D eigenvalue weighted by Crippen LogP contribution is 2.20. The Bertz CT molecular complexity index is 1060. The van der Waals surface area contributed by atoms with Gasteiger partial charge in [-0.3, -0.25) is 9.59 Å². The molecule has 0 atom stereocenters. The lowest BCUT2D eigenvalue weighted by Gasteiger charge is -2.06. The van der Waals surface area contributed by atoms with Crippen molar-refractivity contribution < 1.29 is 15.0 Å². The molecule has 2 aromatic carbocycles. The number of fused-ring (bicyclic) bond motifs is 1. The van der Waals surface area contributed by atoms with Gasteiger partial charge in [-0.25, -0.2) is 10.1 Å². The van der Waals surface area contributed by atoms with E-state index in [4.69, 9.17) is 0 Å². The van der Waals surface area contributed by atoms with E-state index in [-0.39, 0.29) is 22.8 Å². The maximum atomic E-state index is 12.3. The fraction of sp³-hybridized carbons (Fsp3) is 0.0588. The summed E-state index contributed by atoms with van der Waals surface area (Å²) in [4.78, 5) is 24.4. The molecule has 3 rings (SSSR count). The number of nitrogens with one attached hydrogen (secondary N) is 1. The van der Waals surface area contributed by atoms with Gasteiger partial charge in [-0.15, -0.1) is 0 Å². The predicted molar refractivity (Wildman–Crippen MR) is 91.8 cm³/mol. The van der Waals surface area contributed by atoms with Gasteiger partial charge in [0.15, 0.2) is 5.69 Å². The van der Waals surface area contributed by atoms with Crippen LogP contribution < -0.4 is 11.0 Å². The molecule has 25 heavy (non-hydrogen) atoms. The molecule has 0 fully saturated rings. The fourth-order valence-corrected chi connectivity index (χ4v) is 2.32. The minimum atomic E-state index is -0.596. The second kappa shape index (κ2) is 6.44. The van der Waals surface area contributed by atoms with Crippen molar-refractivity contribution in [2.45, 2.75) is 0 Å². The van der Waals surface area contributed by atoms with Crippen LogP contribution in [0.2, 0.25) is 0 Å². The fourth-order valence-electron chi connectivity index (χ4n) is 2.32. The number of phenols is 2. The Kier molecular flexibility index (Phi) is 4.17. The van der Waals surface area contributed by atoms with Gasteiger partial charge >= 0.3 is 0 Å². The molecule has 0 unspecified atom stereocenters. The van der Waals surface area contributed by atoms with Crippen LogP contribution in [0.15, 0.2) is 52.4 Å². The van der Waals surface area contributed by atoms with Crippen molar-refractivity contribution in [3.63, 3.8) is 0 Å². The van der Waals surface area contributed by atoms with Gasteiger partial charge in [-0.1, -0.05) is 18.2 Å². The number of hydrazone groups is 1. The van der Waals surface area contributed by atoms with Crippen molar-refractivity contribution in [3.8, 4) is 11.5 Å². The summed E-state index contributed by atoms with van der Waals surface area (Å²) in [6.07, 6.45) is 1.23. The summed E-state index contributed by atoms with van der Waals surface area (Å²) in [5.41, 5.74) is 2.38. The molecule has 0 bridgehead atoms. The molecule has 1 heterocycles. The highest BCUT2D eigenvalue weighted by atomic mass is 16.3. The van der Waals surface area contributed by atoms with Crippen molar-refractivity contribution in [1.29, 1.82) is 0 Å². The molecule has 0 aliphatic heterocycles. The van der Waals surface area contributed by atoms with Gasteiger partial charge in [0.05, 0.1) is 11.6 Å². The Morgan fingerprint density at radius 3 is 2.64 bits per heavy atom. The molecular formula is C17H14N4O4. The van der Waals surface area contributed by atoms with Crippen molar-refractivity contribution in [1.82, 2.24) is 15.2 Å². The van der Waals surface area contributed by atoms with Crippen LogP contribution in [0, 0.1) is 0 Å². The number of aromatic hydroxyl groups is 2. The van der Waals surface area contributed by atoms with E-state index in [0.29, 0.717) is 16.3 Å². The Labute approximate surface area is 141 Å². The molecule has 1 amide bonds. The van der Waals surface area contributed by atoms with Crippen molar-refractivity contribution >= 4 is 22.9 Å². The number of benzene rings is 2. The van der Waals surface area contributed by atoms with Crippen LogP contribution in [-0.4, -0.2) is 32.1 Å². The molecule has 0 spiro atoms. The highest BCUT2D eigenvalue weighted by Gasteiger charge is 2.14. The maximum Gasteiger partial charge on any atom is 0.292 e. The van der Waals surface area contributed by atoms with E-state index in [2.05, 4.69) is 15.6 Å². The summed E-state index contributed by atoms with van der Waals surface area (Å²) in [7, 11) is 1.46. The van der Waals surface area contributed by atoms with Crippen molar-refractivity contribution in [2.24, 2.45) is 12.1 Å². The number of aromatic nitrogens is 2. The zero-order valence-electron chi connectivity index (χ0n) is 13.2. The number of phenolic OH excluding ortho intramolecular Hbond substituents is 2. The van der Waals surface area contributed by atoms with Crippen molar-refractivity contribution in [3.05, 3.63) is 64.1 Å². The number of amides is 1. The monoisotopic (exact) mass is 338 g/mol. The third-order valence-corrected chi connectivity index (χ3v) is 3.56. The molecule has 0 aliphatic rings. The molecule has 3 N–H and O–H groups in total. The van der Waals surface area contributed by atoms with Crippen molar-refractivity contribution in [2.75, 3.05) is 0 Å². The van der Waals surface area contributed by atoms with Crippen LogP contribution in [0.25, 0.3) is 10.8 Å². The number of carbonyl (C=O) groups excluding carboxylic acids is 1. The topological polar surface area (TPSA) is 117 Å². The predicted octanol–water partition coefficient (Wildman–Crippen LogP) is 1.11.